The van der Waals surface area contributed by atoms with Gasteiger partial charge in [-0.05, 0) is 22.3 Å². The minimum absolute atomic E-state index is 0.230. The maximum absolute atomic E-state index is 3.36. The first-order chi connectivity index (χ1) is 15.6. The van der Waals surface area contributed by atoms with Gasteiger partial charge in [-0.1, -0.05) is 141 Å². The van der Waals surface area contributed by atoms with E-state index in [4.69, 9.17) is 0 Å². The van der Waals surface area contributed by atoms with E-state index in [0.29, 0.717) is 0 Å². The zero-order valence-corrected chi connectivity index (χ0v) is 21.9. The summed E-state index contributed by atoms with van der Waals surface area (Å²) in [6.45, 7) is -2.65. The lowest BCUT2D eigenvalue weighted by Gasteiger charge is -2.64. The molecule has 0 aromatic heterocycles. The predicted octanol–water partition coefficient (Wildman–Crippen LogP) is 9.43. The van der Waals surface area contributed by atoms with E-state index < -0.39 is 6.95 Å². The van der Waals surface area contributed by atoms with Crippen LogP contribution in [0.2, 0.25) is 0 Å². The molecule has 0 nitrogen and oxygen atoms in total. The number of hydrogen-bond acceptors (Lipinski definition) is 1. The minimum atomic E-state index is -2.65. The Labute approximate surface area is 198 Å². The van der Waals surface area contributed by atoms with Gasteiger partial charge < -0.3 is 0 Å². The molecule has 0 N–H and O–H groups in total. The van der Waals surface area contributed by atoms with Crippen LogP contribution in [0.3, 0.4) is 0 Å². The van der Waals surface area contributed by atoms with Crippen molar-refractivity contribution in [2.45, 2.75) is 23.0 Å². The van der Waals surface area contributed by atoms with E-state index in [-0.39, 0.29) is 6.01 Å². The van der Waals surface area contributed by atoms with Gasteiger partial charge in [0.1, 0.15) is 0 Å². The summed E-state index contributed by atoms with van der Waals surface area (Å²) in [5, 5.41) is 0. The van der Waals surface area contributed by atoms with Crippen LogP contribution < -0.4 is 0 Å². The van der Waals surface area contributed by atoms with Crippen LogP contribution in [0.4, 0.5) is 0 Å². The Morgan fingerprint density at radius 2 is 0.688 bits per heavy atom. The molecule has 1 aliphatic rings. The van der Waals surface area contributed by atoms with E-state index in [1.54, 1.807) is 0 Å². The molecule has 4 aromatic carbocycles. The molecule has 1 heterocycles. The molecule has 0 bridgehead atoms. The second-order valence-corrected chi connectivity index (χ2v) is 32.0. The third-order valence-corrected chi connectivity index (χ3v) is 41.9. The van der Waals surface area contributed by atoms with Crippen molar-refractivity contribution in [2.75, 3.05) is 0 Å². The summed E-state index contributed by atoms with van der Waals surface area (Å²) in [6, 6.07) is 44.8. The fraction of sp³-hybridized carbons (Fsp3) is 0.143. The van der Waals surface area contributed by atoms with Crippen LogP contribution in [-0.2, 0) is 23.0 Å². The van der Waals surface area contributed by atoms with Crippen LogP contribution in [0.5, 0.6) is 0 Å². The molecule has 2 atom stereocenters. The molecule has 1 saturated heterocycles. The van der Waals surface area contributed by atoms with E-state index in [1.807, 2.05) is 0 Å². The zero-order chi connectivity index (χ0) is 22.0. The largest absolute Gasteiger partial charge is 0.192 e. The van der Waals surface area contributed by atoms with Crippen LogP contribution in [0.15, 0.2) is 121 Å². The van der Waals surface area contributed by atoms with Crippen LogP contribution in [0, 0.1) is 0 Å². The monoisotopic (exact) mass is 492 g/mol. The summed E-state index contributed by atoms with van der Waals surface area (Å²) < 4.78 is 0. The van der Waals surface area contributed by atoms with Crippen LogP contribution >= 0.6 is 32.3 Å². The smallest absolute Gasteiger partial charge is 0.0191 e. The van der Waals surface area contributed by atoms with Gasteiger partial charge in [-0.3, -0.25) is 0 Å². The molecule has 0 amide bonds. The van der Waals surface area contributed by atoms with Crippen molar-refractivity contribution >= 4 is 32.3 Å². The Kier molecular flexibility index (Phi) is 5.80. The maximum atomic E-state index is 3.36. The highest BCUT2D eigenvalue weighted by Gasteiger charge is 2.78. The Hall–Kier alpha value is -1.56. The topological polar surface area (TPSA) is 0 Å². The molecule has 32 heavy (non-hydrogen) atoms. The second-order valence-electron chi connectivity index (χ2n) is 9.17. The first-order valence-electron chi connectivity index (χ1n) is 11.0. The normalized spacial score (nSPS) is 22.0. The first-order valence-corrected chi connectivity index (χ1v) is 19.6. The summed E-state index contributed by atoms with van der Waals surface area (Å²) in [4.78, 5) is 0. The summed E-state index contributed by atoms with van der Waals surface area (Å²) in [7, 11) is 5.72. The summed E-state index contributed by atoms with van der Waals surface area (Å²) in [6.07, 6.45) is 0. The highest BCUT2D eigenvalue weighted by molar-refractivity contribution is 9.72. The highest BCUT2D eigenvalue weighted by atomic mass is 33.9. The fourth-order valence-electron chi connectivity index (χ4n) is 5.17. The van der Waals surface area contributed by atoms with Crippen molar-refractivity contribution in [1.29, 1.82) is 0 Å². The number of benzene rings is 4. The fourth-order valence-corrected chi connectivity index (χ4v) is 44.6. The maximum Gasteiger partial charge on any atom is 0.0191 e. The van der Waals surface area contributed by atoms with Gasteiger partial charge in [0.05, 0.1) is 0 Å². The molecule has 0 aliphatic carbocycles. The van der Waals surface area contributed by atoms with E-state index >= 15 is 0 Å². The minimum Gasteiger partial charge on any atom is -0.192 e. The number of hydrogen-bond donors (Lipinski definition) is 0. The third kappa shape index (κ3) is 3.97. The lowest BCUT2D eigenvalue weighted by atomic mass is 10.2. The molecule has 5 rings (SSSR count). The van der Waals surface area contributed by atoms with E-state index in [9.17, 15) is 0 Å². The SMILES string of the molecule is PP1SS1(Cc1ccccc1)(Cc1ccccc1)(Cc1ccccc1)Cc1ccccc1. The molecule has 1 fully saturated rings. The summed E-state index contributed by atoms with van der Waals surface area (Å²) in [5.74, 6) is 4.72. The molecule has 0 spiro atoms. The Morgan fingerprint density at radius 3 is 0.875 bits per heavy atom. The van der Waals surface area contributed by atoms with Gasteiger partial charge in [0.15, 0.2) is 0 Å². The summed E-state index contributed by atoms with van der Waals surface area (Å²) in [5.41, 5.74) is 5.93. The van der Waals surface area contributed by atoms with Crippen molar-refractivity contribution < 1.29 is 0 Å². The van der Waals surface area contributed by atoms with E-state index in [0.717, 1.165) is 0 Å². The van der Waals surface area contributed by atoms with Gasteiger partial charge in [-0.2, -0.15) is 6.95 Å². The van der Waals surface area contributed by atoms with Crippen LogP contribution in [-0.4, -0.2) is 0 Å². The van der Waals surface area contributed by atoms with Gasteiger partial charge >= 0.3 is 0 Å². The number of rotatable bonds is 8. The Bertz CT molecular complexity index is 1010. The molecular weight excluding hydrogens is 462 g/mol. The molecule has 0 saturated carbocycles. The Morgan fingerprint density at radius 1 is 0.469 bits per heavy atom. The van der Waals surface area contributed by atoms with E-state index in [2.05, 4.69) is 141 Å². The summed E-state index contributed by atoms with van der Waals surface area (Å²) >= 11 is 0. The average molecular weight is 493 g/mol. The zero-order valence-electron chi connectivity index (χ0n) is 18.2. The van der Waals surface area contributed by atoms with Gasteiger partial charge in [0, 0.05) is 29.0 Å². The van der Waals surface area contributed by atoms with Gasteiger partial charge in [0.2, 0.25) is 0 Å². The quantitative estimate of drug-likeness (QED) is 0.134. The molecule has 164 valence electrons. The molecule has 4 aromatic rings. The molecule has 0 radical (unpaired) electrons. The molecule has 1 aliphatic heterocycles. The highest BCUT2D eigenvalue weighted by Crippen LogP contribution is 3.38. The van der Waals surface area contributed by atoms with Crippen molar-refractivity contribution in [1.82, 2.24) is 0 Å². The molecule has 4 heteroatoms. The van der Waals surface area contributed by atoms with Crippen molar-refractivity contribution in [2.24, 2.45) is 0 Å². The standard InChI is InChI=1S/C28H30P2S2/c29-30-31-32(30,21-25-13-5-1-6-14-25,22-26-15-7-2-8-16-26,23-27-17-9-3-10-18-27)24-28-19-11-4-12-20-28/h1-20H,21-24,29H2. The van der Waals surface area contributed by atoms with Crippen LogP contribution in [0.25, 0.3) is 0 Å². The van der Waals surface area contributed by atoms with Gasteiger partial charge in [-0.25, -0.2) is 0 Å². The lowest BCUT2D eigenvalue weighted by Crippen LogP contribution is -2.27. The lowest BCUT2D eigenvalue weighted by molar-refractivity contribution is 1.19. The molecular formula is C28H30P2S2. The first kappa shape index (κ1) is 22.2. The van der Waals surface area contributed by atoms with Gasteiger partial charge in [0.25, 0.3) is 0 Å². The third-order valence-electron chi connectivity index (χ3n) is 6.64. The van der Waals surface area contributed by atoms with Crippen molar-refractivity contribution in [3.05, 3.63) is 144 Å². The van der Waals surface area contributed by atoms with Crippen molar-refractivity contribution in [3.63, 3.8) is 0 Å². The Balaban J connectivity index is 1.74. The average Bonchev–Trinajstić information content (AvgIpc) is 3.33. The second kappa shape index (κ2) is 8.34. The van der Waals surface area contributed by atoms with Crippen LogP contribution in [0.1, 0.15) is 22.3 Å². The van der Waals surface area contributed by atoms with E-state index in [1.165, 1.54) is 45.3 Å². The molecule has 2 unspecified atom stereocenters. The predicted molar refractivity (Wildman–Crippen MR) is 152 cm³/mol. The van der Waals surface area contributed by atoms with Gasteiger partial charge in [-0.15, -0.1) is 0 Å². The van der Waals surface area contributed by atoms with Crippen molar-refractivity contribution in [3.8, 4) is 0 Å².